The number of carbonyl (C=O) groups is 2. The van der Waals surface area contributed by atoms with Gasteiger partial charge in [0, 0.05) is 6.04 Å². The summed E-state index contributed by atoms with van der Waals surface area (Å²) in [5.74, 6) is -0.567. The van der Waals surface area contributed by atoms with Crippen LogP contribution in [0.4, 0.5) is 0 Å². The lowest BCUT2D eigenvalue weighted by Crippen LogP contribution is -2.38. The van der Waals surface area contributed by atoms with Gasteiger partial charge in [-0.25, -0.2) is 0 Å². The quantitative estimate of drug-likeness (QED) is 0.801. The first-order valence-electron chi connectivity index (χ1n) is 6.63. The molecule has 0 radical (unpaired) electrons. The summed E-state index contributed by atoms with van der Waals surface area (Å²) in [5.41, 5.74) is 2.10. The maximum atomic E-state index is 11.7. The molecule has 0 aliphatic rings. The molecule has 0 bridgehead atoms. The Balaban J connectivity index is 2.48. The number of nitrogens with one attached hydrogen (secondary N) is 1. The number of aryl methyl sites for hydroxylation is 2. The fourth-order valence-corrected chi connectivity index (χ4v) is 1.88. The van der Waals surface area contributed by atoms with Crippen LogP contribution in [-0.4, -0.2) is 29.6 Å². The van der Waals surface area contributed by atoms with E-state index in [1.807, 2.05) is 39.0 Å². The van der Waals surface area contributed by atoms with Crippen LogP contribution in [0.5, 0.6) is 5.75 Å². The van der Waals surface area contributed by atoms with Crippen molar-refractivity contribution in [1.29, 1.82) is 0 Å². The largest absolute Gasteiger partial charge is 0.484 e. The van der Waals surface area contributed by atoms with Gasteiger partial charge in [0.05, 0.1) is 6.42 Å². The van der Waals surface area contributed by atoms with E-state index in [0.29, 0.717) is 12.2 Å². The van der Waals surface area contributed by atoms with Gasteiger partial charge in [-0.05, 0) is 31.9 Å². The summed E-state index contributed by atoms with van der Waals surface area (Å²) in [6, 6.07) is 5.36. The Hall–Kier alpha value is -2.04. The molecule has 0 saturated carbocycles. The number of hydrogen-bond donors (Lipinski definition) is 2. The minimum Gasteiger partial charge on any atom is -0.484 e. The highest BCUT2D eigenvalue weighted by atomic mass is 16.5. The van der Waals surface area contributed by atoms with E-state index in [-0.39, 0.29) is 25.0 Å². The Morgan fingerprint density at radius 1 is 1.35 bits per heavy atom. The van der Waals surface area contributed by atoms with Crippen molar-refractivity contribution in [3.8, 4) is 5.75 Å². The number of carboxylic acids is 1. The molecule has 1 atom stereocenters. The fourth-order valence-electron chi connectivity index (χ4n) is 1.88. The van der Waals surface area contributed by atoms with E-state index in [0.717, 1.165) is 11.1 Å². The van der Waals surface area contributed by atoms with E-state index < -0.39 is 5.97 Å². The summed E-state index contributed by atoms with van der Waals surface area (Å²) < 4.78 is 5.44. The summed E-state index contributed by atoms with van der Waals surface area (Å²) in [7, 11) is 0. The van der Waals surface area contributed by atoms with Crippen molar-refractivity contribution in [2.24, 2.45) is 0 Å². The minimum absolute atomic E-state index is 0.0776. The number of hydrogen-bond acceptors (Lipinski definition) is 3. The van der Waals surface area contributed by atoms with Gasteiger partial charge in [-0.15, -0.1) is 0 Å². The fraction of sp³-hybridized carbons (Fsp3) is 0.467. The number of carbonyl (C=O) groups excluding carboxylic acids is 1. The highest BCUT2D eigenvalue weighted by Crippen LogP contribution is 2.18. The molecule has 0 aromatic heterocycles. The Bertz CT molecular complexity index is 485. The molecule has 0 saturated heterocycles. The number of ether oxygens (including phenoxy) is 1. The standard InChI is InChI=1S/C15H21NO4/c1-4-12(8-15(18)19)16-14(17)9-20-13-6-5-10(2)7-11(13)3/h5-7,12H,4,8-9H2,1-3H3,(H,16,17)(H,18,19). The number of rotatable bonds is 7. The molecular weight excluding hydrogens is 258 g/mol. The molecule has 0 aliphatic heterocycles. The molecule has 5 heteroatoms. The SMILES string of the molecule is CCC(CC(=O)O)NC(=O)COc1ccc(C)cc1C. The van der Waals surface area contributed by atoms with Crippen LogP contribution in [0.15, 0.2) is 18.2 Å². The van der Waals surface area contributed by atoms with Crippen molar-refractivity contribution in [1.82, 2.24) is 5.32 Å². The summed E-state index contributed by atoms with van der Waals surface area (Å²) >= 11 is 0. The first kappa shape index (κ1) is 16.0. The molecule has 0 aliphatic carbocycles. The Morgan fingerprint density at radius 2 is 2.05 bits per heavy atom. The van der Waals surface area contributed by atoms with Gasteiger partial charge in [-0.2, -0.15) is 0 Å². The highest BCUT2D eigenvalue weighted by molar-refractivity contribution is 5.78. The van der Waals surface area contributed by atoms with Gasteiger partial charge in [-0.3, -0.25) is 9.59 Å². The molecule has 5 nitrogen and oxygen atoms in total. The molecule has 20 heavy (non-hydrogen) atoms. The van der Waals surface area contributed by atoms with Crippen LogP contribution in [0.2, 0.25) is 0 Å². The van der Waals surface area contributed by atoms with Crippen molar-refractivity contribution >= 4 is 11.9 Å². The molecule has 0 fully saturated rings. The van der Waals surface area contributed by atoms with Gasteiger partial charge in [0.1, 0.15) is 5.75 Å². The summed E-state index contributed by atoms with van der Waals surface area (Å²) in [6.07, 6.45) is 0.493. The predicted molar refractivity (Wildman–Crippen MR) is 75.9 cm³/mol. The minimum atomic E-state index is -0.924. The Labute approximate surface area is 118 Å². The number of aliphatic carboxylic acids is 1. The lowest BCUT2D eigenvalue weighted by atomic mass is 10.1. The molecule has 1 aromatic rings. The van der Waals surface area contributed by atoms with Crippen molar-refractivity contribution < 1.29 is 19.4 Å². The zero-order valence-electron chi connectivity index (χ0n) is 12.1. The first-order chi connectivity index (χ1) is 9.42. The third-order valence-electron chi connectivity index (χ3n) is 2.97. The van der Waals surface area contributed by atoms with Crippen LogP contribution in [-0.2, 0) is 9.59 Å². The Morgan fingerprint density at radius 3 is 2.60 bits per heavy atom. The Kier molecular flexibility index (Phi) is 6.03. The molecular formula is C15H21NO4. The number of carboxylic acid groups (broad SMARTS) is 1. The van der Waals surface area contributed by atoms with E-state index >= 15 is 0 Å². The maximum absolute atomic E-state index is 11.7. The van der Waals surface area contributed by atoms with Gasteiger partial charge < -0.3 is 15.2 Å². The van der Waals surface area contributed by atoms with Gasteiger partial charge in [0.25, 0.3) is 5.91 Å². The summed E-state index contributed by atoms with van der Waals surface area (Å²) in [5, 5.41) is 11.4. The zero-order valence-corrected chi connectivity index (χ0v) is 12.1. The van der Waals surface area contributed by atoms with Gasteiger partial charge in [0.2, 0.25) is 0 Å². The van der Waals surface area contributed by atoms with Crippen molar-refractivity contribution in [2.75, 3.05) is 6.61 Å². The first-order valence-corrected chi connectivity index (χ1v) is 6.63. The summed E-state index contributed by atoms with van der Waals surface area (Å²) in [4.78, 5) is 22.3. The van der Waals surface area contributed by atoms with E-state index in [9.17, 15) is 9.59 Å². The predicted octanol–water partition coefficient (Wildman–Crippen LogP) is 2.05. The third kappa shape index (κ3) is 5.30. The second-order valence-corrected chi connectivity index (χ2v) is 4.83. The zero-order chi connectivity index (χ0) is 15.1. The van der Waals surface area contributed by atoms with Crippen molar-refractivity contribution in [2.45, 2.75) is 39.7 Å². The third-order valence-corrected chi connectivity index (χ3v) is 2.97. The second-order valence-electron chi connectivity index (χ2n) is 4.83. The average Bonchev–Trinajstić information content (AvgIpc) is 2.36. The van der Waals surface area contributed by atoms with Crippen LogP contribution < -0.4 is 10.1 Å². The lowest BCUT2D eigenvalue weighted by Gasteiger charge is -2.15. The molecule has 1 amide bonds. The maximum Gasteiger partial charge on any atom is 0.305 e. The van der Waals surface area contributed by atoms with Gasteiger partial charge in [-0.1, -0.05) is 24.6 Å². The molecule has 1 unspecified atom stereocenters. The van der Waals surface area contributed by atoms with E-state index in [1.54, 1.807) is 0 Å². The van der Waals surface area contributed by atoms with E-state index in [4.69, 9.17) is 9.84 Å². The van der Waals surface area contributed by atoms with Crippen molar-refractivity contribution in [3.63, 3.8) is 0 Å². The van der Waals surface area contributed by atoms with E-state index in [2.05, 4.69) is 5.32 Å². The molecule has 1 aromatic carbocycles. The van der Waals surface area contributed by atoms with E-state index in [1.165, 1.54) is 0 Å². The second kappa shape index (κ2) is 7.53. The molecule has 110 valence electrons. The van der Waals surface area contributed by atoms with Crippen molar-refractivity contribution in [3.05, 3.63) is 29.3 Å². The normalized spacial score (nSPS) is 11.8. The molecule has 0 heterocycles. The molecule has 0 spiro atoms. The lowest BCUT2D eigenvalue weighted by molar-refractivity contribution is -0.137. The van der Waals surface area contributed by atoms with Gasteiger partial charge >= 0.3 is 5.97 Å². The highest BCUT2D eigenvalue weighted by Gasteiger charge is 2.14. The topological polar surface area (TPSA) is 75.6 Å². The molecule has 1 rings (SSSR count). The molecule has 2 N–H and O–H groups in total. The average molecular weight is 279 g/mol. The van der Waals surface area contributed by atoms with Crippen LogP contribution in [0, 0.1) is 13.8 Å². The van der Waals surface area contributed by atoms with Crippen LogP contribution >= 0.6 is 0 Å². The summed E-state index contributed by atoms with van der Waals surface area (Å²) in [6.45, 7) is 5.62. The van der Waals surface area contributed by atoms with Crippen LogP contribution in [0.25, 0.3) is 0 Å². The van der Waals surface area contributed by atoms with Crippen LogP contribution in [0.3, 0.4) is 0 Å². The number of benzene rings is 1. The monoisotopic (exact) mass is 279 g/mol. The smallest absolute Gasteiger partial charge is 0.305 e. The van der Waals surface area contributed by atoms with Gasteiger partial charge in [0.15, 0.2) is 6.61 Å². The number of amides is 1. The van der Waals surface area contributed by atoms with Crippen LogP contribution in [0.1, 0.15) is 30.9 Å².